The normalized spacial score (nSPS) is 36.9. The van der Waals surface area contributed by atoms with Crippen molar-refractivity contribution in [3.05, 3.63) is 12.7 Å². The number of carbonyl (C=O) groups excluding carboxylic acids is 2. The smallest absolute Gasteiger partial charge is 0.329 e. The Morgan fingerprint density at radius 1 is 1.42 bits per heavy atom. The summed E-state index contributed by atoms with van der Waals surface area (Å²) in [6, 6.07) is 0. The van der Waals surface area contributed by atoms with Crippen molar-refractivity contribution in [3.8, 4) is 0 Å². The van der Waals surface area contributed by atoms with E-state index in [0.717, 1.165) is 12.0 Å². The minimum absolute atomic E-state index is 0.0854. The lowest BCUT2D eigenvalue weighted by atomic mass is 9.74. The molecule has 2 saturated carbocycles. The van der Waals surface area contributed by atoms with Gasteiger partial charge >= 0.3 is 11.9 Å². The van der Waals surface area contributed by atoms with Crippen LogP contribution in [-0.2, 0) is 19.1 Å². The second-order valence-electron chi connectivity index (χ2n) is 6.14. The van der Waals surface area contributed by atoms with Gasteiger partial charge in [-0.1, -0.05) is 6.58 Å². The van der Waals surface area contributed by atoms with E-state index < -0.39 is 5.97 Å². The maximum atomic E-state index is 11.6. The molecule has 4 heteroatoms. The zero-order chi connectivity index (χ0) is 14.2. The highest BCUT2D eigenvalue weighted by atomic mass is 16.6. The summed E-state index contributed by atoms with van der Waals surface area (Å²) in [6.45, 7) is 7.32. The Hall–Kier alpha value is -1.32. The van der Waals surface area contributed by atoms with Crippen LogP contribution in [0.1, 0.15) is 33.1 Å². The van der Waals surface area contributed by atoms with Crippen LogP contribution < -0.4 is 0 Å². The fraction of sp³-hybridized carbons (Fsp3) is 0.733. The van der Waals surface area contributed by atoms with Crippen molar-refractivity contribution < 1.29 is 19.1 Å². The predicted molar refractivity (Wildman–Crippen MR) is 70.2 cm³/mol. The first-order valence-electron chi connectivity index (χ1n) is 6.84. The number of hydrogen-bond acceptors (Lipinski definition) is 4. The van der Waals surface area contributed by atoms with Gasteiger partial charge in [-0.2, -0.15) is 0 Å². The Labute approximate surface area is 114 Å². The first-order valence-corrected chi connectivity index (χ1v) is 6.84. The third-order valence-corrected chi connectivity index (χ3v) is 4.72. The molecule has 0 spiro atoms. The molecule has 1 heterocycles. The molecule has 4 atom stereocenters. The lowest BCUT2D eigenvalue weighted by Crippen LogP contribution is -2.33. The number of methoxy groups -OCH3 is 1. The largest absolute Gasteiger partial charge is 0.466 e. The van der Waals surface area contributed by atoms with E-state index in [0.29, 0.717) is 11.8 Å². The second-order valence-corrected chi connectivity index (χ2v) is 6.14. The number of fused-ring (bicyclic) bond motifs is 5. The zero-order valence-electron chi connectivity index (χ0n) is 11.8. The standard InChI is InChI=1S/C11H16O2.C4H6O2/c1-11(2)9-7-4-3-6(5-7)8(9)10(12)13-11;1-3-4(5)6-2/h6-9H,3-5H2,1-2H3;3H,1H2,2H3. The van der Waals surface area contributed by atoms with Crippen LogP contribution in [0.3, 0.4) is 0 Å². The molecule has 0 radical (unpaired) electrons. The summed E-state index contributed by atoms with van der Waals surface area (Å²) in [7, 11) is 1.31. The third-order valence-electron chi connectivity index (χ3n) is 4.72. The molecule has 3 fully saturated rings. The van der Waals surface area contributed by atoms with Crippen molar-refractivity contribution in [1.29, 1.82) is 0 Å². The summed E-state index contributed by atoms with van der Waals surface area (Å²) < 4.78 is 9.60. The number of rotatable bonds is 1. The molecule has 3 rings (SSSR count). The van der Waals surface area contributed by atoms with Crippen LogP contribution in [0.4, 0.5) is 0 Å². The van der Waals surface area contributed by atoms with Crippen molar-refractivity contribution in [2.45, 2.75) is 38.7 Å². The molecule has 0 aromatic heterocycles. The van der Waals surface area contributed by atoms with E-state index in [1.54, 1.807) is 0 Å². The zero-order valence-corrected chi connectivity index (χ0v) is 11.8. The maximum absolute atomic E-state index is 11.6. The topological polar surface area (TPSA) is 52.6 Å². The van der Waals surface area contributed by atoms with E-state index >= 15 is 0 Å². The molecule has 1 saturated heterocycles. The molecule has 0 N–H and O–H groups in total. The van der Waals surface area contributed by atoms with Gasteiger partial charge in [-0.15, -0.1) is 0 Å². The van der Waals surface area contributed by atoms with Gasteiger partial charge in [0, 0.05) is 12.0 Å². The van der Waals surface area contributed by atoms with E-state index in [9.17, 15) is 9.59 Å². The lowest BCUT2D eigenvalue weighted by Gasteiger charge is -2.30. The Morgan fingerprint density at radius 3 is 2.53 bits per heavy atom. The Kier molecular flexibility index (Phi) is 3.70. The molecule has 0 amide bonds. The first kappa shape index (κ1) is 14.1. The van der Waals surface area contributed by atoms with E-state index in [2.05, 4.69) is 25.2 Å². The van der Waals surface area contributed by atoms with Crippen molar-refractivity contribution in [2.24, 2.45) is 23.7 Å². The lowest BCUT2D eigenvalue weighted by molar-refractivity contribution is -0.150. The van der Waals surface area contributed by atoms with Crippen molar-refractivity contribution >= 4 is 11.9 Å². The van der Waals surface area contributed by atoms with Gasteiger partial charge in [0.15, 0.2) is 0 Å². The summed E-state index contributed by atoms with van der Waals surface area (Å²) in [6.07, 6.45) is 4.98. The molecule has 1 aliphatic heterocycles. The number of cyclic esters (lactones) is 1. The summed E-state index contributed by atoms with van der Waals surface area (Å²) in [5, 5.41) is 0. The van der Waals surface area contributed by atoms with Crippen LogP contribution in [0.25, 0.3) is 0 Å². The van der Waals surface area contributed by atoms with Crippen molar-refractivity contribution in [2.75, 3.05) is 7.11 Å². The molecule has 4 unspecified atom stereocenters. The van der Waals surface area contributed by atoms with Gasteiger partial charge in [0.05, 0.1) is 13.0 Å². The number of ether oxygens (including phenoxy) is 2. The van der Waals surface area contributed by atoms with Crippen molar-refractivity contribution in [1.82, 2.24) is 0 Å². The van der Waals surface area contributed by atoms with Crippen LogP contribution in [0.5, 0.6) is 0 Å². The van der Waals surface area contributed by atoms with Gasteiger partial charge in [0.1, 0.15) is 5.60 Å². The molecule has 3 aliphatic rings. The van der Waals surface area contributed by atoms with Crippen LogP contribution in [0, 0.1) is 23.7 Å². The second kappa shape index (κ2) is 4.99. The van der Waals surface area contributed by atoms with Gasteiger partial charge in [-0.05, 0) is 44.9 Å². The number of esters is 2. The minimum Gasteiger partial charge on any atom is -0.466 e. The van der Waals surface area contributed by atoms with Crippen molar-refractivity contribution in [3.63, 3.8) is 0 Å². The number of carbonyl (C=O) groups is 2. The minimum atomic E-state index is -0.394. The molecule has 0 aromatic rings. The van der Waals surface area contributed by atoms with Gasteiger partial charge < -0.3 is 9.47 Å². The molecular formula is C15H22O4. The predicted octanol–water partition coefficient (Wildman–Crippen LogP) is 2.33. The van der Waals surface area contributed by atoms with E-state index in [1.165, 1.54) is 26.4 Å². The summed E-state index contributed by atoms with van der Waals surface area (Å²) in [4.78, 5) is 21.5. The number of hydrogen-bond donors (Lipinski definition) is 0. The van der Waals surface area contributed by atoms with Crippen LogP contribution in [-0.4, -0.2) is 24.6 Å². The molecule has 19 heavy (non-hydrogen) atoms. The maximum Gasteiger partial charge on any atom is 0.329 e. The van der Waals surface area contributed by atoms with Crippen LogP contribution >= 0.6 is 0 Å². The SMILES string of the molecule is C=CC(=O)OC.CC1(C)OC(=O)C2C3CCC(C3)C21. The Bertz CT molecular complexity index is 399. The fourth-order valence-corrected chi connectivity index (χ4v) is 4.11. The molecular weight excluding hydrogens is 244 g/mol. The molecule has 106 valence electrons. The van der Waals surface area contributed by atoms with E-state index in [4.69, 9.17) is 4.74 Å². The quantitative estimate of drug-likeness (QED) is 0.540. The van der Waals surface area contributed by atoms with E-state index in [-0.39, 0.29) is 17.5 Å². The monoisotopic (exact) mass is 266 g/mol. The summed E-state index contributed by atoms with van der Waals surface area (Å²) in [5.41, 5.74) is -0.179. The average molecular weight is 266 g/mol. The average Bonchev–Trinajstić information content (AvgIpc) is 3.03. The van der Waals surface area contributed by atoms with Gasteiger partial charge in [-0.25, -0.2) is 4.79 Å². The molecule has 2 aliphatic carbocycles. The molecule has 2 bridgehead atoms. The van der Waals surface area contributed by atoms with Gasteiger partial charge in [0.2, 0.25) is 0 Å². The molecule has 0 aromatic carbocycles. The Balaban J connectivity index is 0.000000192. The fourth-order valence-electron chi connectivity index (χ4n) is 4.11. The Morgan fingerprint density at radius 2 is 2.05 bits per heavy atom. The first-order chi connectivity index (χ1) is 8.90. The summed E-state index contributed by atoms with van der Waals surface area (Å²) >= 11 is 0. The van der Waals surface area contributed by atoms with Gasteiger partial charge in [0.25, 0.3) is 0 Å². The van der Waals surface area contributed by atoms with Crippen LogP contribution in [0.2, 0.25) is 0 Å². The molecule has 4 nitrogen and oxygen atoms in total. The van der Waals surface area contributed by atoms with Crippen LogP contribution in [0.15, 0.2) is 12.7 Å². The highest BCUT2D eigenvalue weighted by Crippen LogP contribution is 2.60. The summed E-state index contributed by atoms with van der Waals surface area (Å²) in [5.74, 6) is 1.91. The highest BCUT2D eigenvalue weighted by Gasteiger charge is 2.62. The third kappa shape index (κ3) is 2.40. The highest BCUT2D eigenvalue weighted by molar-refractivity contribution is 5.80. The van der Waals surface area contributed by atoms with E-state index in [1.807, 2.05) is 0 Å². The van der Waals surface area contributed by atoms with Gasteiger partial charge in [-0.3, -0.25) is 4.79 Å².